The highest BCUT2D eigenvalue weighted by molar-refractivity contribution is 5.90. The van der Waals surface area contributed by atoms with Gasteiger partial charge in [-0.2, -0.15) is 10.1 Å². The molecule has 0 saturated carbocycles. The van der Waals surface area contributed by atoms with Gasteiger partial charge in [-0.3, -0.25) is 9.69 Å². The van der Waals surface area contributed by atoms with Crippen LogP contribution in [-0.4, -0.2) is 27.8 Å². The lowest BCUT2D eigenvalue weighted by Crippen LogP contribution is -2.41. The second kappa shape index (κ2) is 6.83. The number of methoxy groups -OCH3 is 1. The molecular weight excluding hydrogens is 347 g/mol. The quantitative estimate of drug-likeness (QED) is 0.712. The molecule has 0 unspecified atom stereocenters. The number of amides is 1. The van der Waals surface area contributed by atoms with Crippen LogP contribution in [-0.2, 0) is 4.79 Å². The van der Waals surface area contributed by atoms with E-state index >= 15 is 0 Å². The van der Waals surface area contributed by atoms with E-state index in [1.807, 2.05) is 24.3 Å². The average Bonchev–Trinajstić information content (AvgIpc) is 3.17. The third-order valence-electron chi connectivity index (χ3n) is 4.92. The van der Waals surface area contributed by atoms with Crippen LogP contribution < -0.4 is 9.64 Å². The molecule has 2 atom stereocenters. The fourth-order valence-electron chi connectivity index (χ4n) is 3.63. The molecule has 6 nitrogen and oxygen atoms in total. The highest BCUT2D eigenvalue weighted by Crippen LogP contribution is 2.41. The molecule has 7 heteroatoms. The summed E-state index contributed by atoms with van der Waals surface area (Å²) >= 11 is 0. The maximum Gasteiger partial charge on any atom is 0.231 e. The highest BCUT2D eigenvalue weighted by Gasteiger charge is 2.38. The molecule has 0 radical (unpaired) electrons. The fourth-order valence-corrected chi connectivity index (χ4v) is 3.63. The summed E-state index contributed by atoms with van der Waals surface area (Å²) < 4.78 is 20.3. The minimum Gasteiger partial charge on any atom is -0.497 e. The fraction of sp³-hybridized carbons (Fsp3) is 0.250. The summed E-state index contributed by atoms with van der Waals surface area (Å²) in [6, 6.07) is 13.7. The van der Waals surface area contributed by atoms with Crippen molar-refractivity contribution >= 4 is 11.9 Å². The largest absolute Gasteiger partial charge is 0.497 e. The van der Waals surface area contributed by atoms with Crippen LogP contribution in [0, 0.1) is 5.82 Å². The number of benzene rings is 2. The van der Waals surface area contributed by atoms with Gasteiger partial charge in [0.1, 0.15) is 17.9 Å². The normalized spacial score (nSPS) is 18.9. The lowest BCUT2D eigenvalue weighted by molar-refractivity contribution is -0.117. The van der Waals surface area contributed by atoms with E-state index in [0.717, 1.165) is 16.9 Å². The van der Waals surface area contributed by atoms with Gasteiger partial charge in [-0.05, 0) is 41.8 Å². The molecule has 1 aliphatic heterocycles. The minimum absolute atomic E-state index is 0.109. The maximum atomic E-state index is 13.4. The minimum atomic E-state index is -0.287. The SMILES string of the molecule is COc1ccc([C@H]2C[C@@H](c3ccc(F)cc3)n3ncnc3N2C(C)=O)cc1. The topological polar surface area (TPSA) is 60.2 Å². The Balaban J connectivity index is 1.80. The predicted octanol–water partition coefficient (Wildman–Crippen LogP) is 3.51. The third-order valence-corrected chi connectivity index (χ3v) is 4.92. The standard InChI is InChI=1S/C20H19FN4O2/c1-13(26)24-18(14-5-9-17(27-2)10-6-14)11-19(25-20(24)22-12-23-25)15-3-7-16(21)8-4-15/h3-10,12,18-19H,11H2,1-2H3/t18-,19+/m1/s1. The monoisotopic (exact) mass is 366 g/mol. The molecule has 0 aliphatic carbocycles. The Hall–Kier alpha value is -3.22. The van der Waals surface area contributed by atoms with Crippen molar-refractivity contribution in [2.75, 3.05) is 12.0 Å². The number of ether oxygens (including phenoxy) is 1. The van der Waals surface area contributed by atoms with Crippen molar-refractivity contribution in [2.24, 2.45) is 0 Å². The first-order chi connectivity index (χ1) is 13.1. The zero-order valence-electron chi connectivity index (χ0n) is 15.0. The van der Waals surface area contributed by atoms with Crippen LogP contribution in [0.2, 0.25) is 0 Å². The molecule has 3 aromatic rings. The van der Waals surface area contributed by atoms with Crippen molar-refractivity contribution in [1.29, 1.82) is 0 Å². The van der Waals surface area contributed by atoms with E-state index in [9.17, 15) is 9.18 Å². The predicted molar refractivity (Wildman–Crippen MR) is 98.1 cm³/mol. The Morgan fingerprint density at radius 3 is 2.33 bits per heavy atom. The van der Waals surface area contributed by atoms with Gasteiger partial charge in [-0.1, -0.05) is 24.3 Å². The molecule has 2 heterocycles. The van der Waals surface area contributed by atoms with E-state index in [2.05, 4.69) is 10.1 Å². The number of fused-ring (bicyclic) bond motifs is 1. The van der Waals surface area contributed by atoms with E-state index in [1.165, 1.54) is 25.4 Å². The van der Waals surface area contributed by atoms with Gasteiger partial charge in [0.2, 0.25) is 11.9 Å². The van der Waals surface area contributed by atoms with Gasteiger partial charge in [0.15, 0.2) is 0 Å². The van der Waals surface area contributed by atoms with Crippen LogP contribution in [0.1, 0.15) is 36.6 Å². The molecule has 1 amide bonds. The molecule has 0 fully saturated rings. The molecule has 0 bridgehead atoms. The number of aromatic nitrogens is 3. The summed E-state index contributed by atoms with van der Waals surface area (Å²) in [5.74, 6) is 0.846. The van der Waals surface area contributed by atoms with E-state index in [0.29, 0.717) is 12.4 Å². The van der Waals surface area contributed by atoms with Crippen molar-refractivity contribution in [3.63, 3.8) is 0 Å². The van der Waals surface area contributed by atoms with Crippen LogP contribution >= 0.6 is 0 Å². The molecule has 2 aromatic carbocycles. The van der Waals surface area contributed by atoms with E-state index in [1.54, 1.807) is 28.8 Å². The molecule has 1 aromatic heterocycles. The first-order valence-electron chi connectivity index (χ1n) is 8.67. The molecule has 27 heavy (non-hydrogen) atoms. The lowest BCUT2D eigenvalue weighted by Gasteiger charge is -2.38. The summed E-state index contributed by atoms with van der Waals surface area (Å²) in [7, 11) is 1.62. The van der Waals surface area contributed by atoms with E-state index < -0.39 is 0 Å². The number of rotatable bonds is 3. The van der Waals surface area contributed by atoms with Gasteiger partial charge in [0, 0.05) is 6.92 Å². The van der Waals surface area contributed by atoms with Crippen molar-refractivity contribution in [3.05, 3.63) is 71.8 Å². The highest BCUT2D eigenvalue weighted by atomic mass is 19.1. The first-order valence-corrected chi connectivity index (χ1v) is 8.67. The smallest absolute Gasteiger partial charge is 0.231 e. The molecule has 4 rings (SSSR count). The number of carbonyl (C=O) groups is 1. The summed E-state index contributed by atoms with van der Waals surface area (Å²) in [4.78, 5) is 18.4. The second-order valence-corrected chi connectivity index (χ2v) is 6.49. The van der Waals surface area contributed by atoms with Gasteiger partial charge >= 0.3 is 0 Å². The van der Waals surface area contributed by atoms with E-state index in [4.69, 9.17) is 4.74 Å². The van der Waals surface area contributed by atoms with Gasteiger partial charge in [0.05, 0.1) is 19.2 Å². The zero-order valence-corrected chi connectivity index (χ0v) is 15.0. The number of nitrogens with zero attached hydrogens (tertiary/aromatic N) is 4. The Bertz CT molecular complexity index is 953. The number of anilines is 1. The van der Waals surface area contributed by atoms with Gasteiger partial charge < -0.3 is 4.74 Å². The summed E-state index contributed by atoms with van der Waals surface area (Å²) in [6.07, 6.45) is 2.05. The van der Waals surface area contributed by atoms with Crippen LogP contribution in [0.15, 0.2) is 54.9 Å². The Morgan fingerprint density at radius 2 is 1.70 bits per heavy atom. The van der Waals surface area contributed by atoms with Crippen molar-refractivity contribution in [1.82, 2.24) is 14.8 Å². The summed E-state index contributed by atoms with van der Waals surface area (Å²) in [5.41, 5.74) is 1.90. The Morgan fingerprint density at radius 1 is 1.07 bits per heavy atom. The molecule has 0 N–H and O–H groups in total. The van der Waals surface area contributed by atoms with Crippen molar-refractivity contribution in [3.8, 4) is 5.75 Å². The molecule has 1 aliphatic rings. The number of halogens is 1. The average molecular weight is 366 g/mol. The van der Waals surface area contributed by atoms with Crippen LogP contribution in [0.5, 0.6) is 5.75 Å². The van der Waals surface area contributed by atoms with E-state index in [-0.39, 0.29) is 23.8 Å². The summed E-state index contributed by atoms with van der Waals surface area (Å²) in [5, 5.41) is 4.32. The maximum absolute atomic E-state index is 13.4. The number of hydrogen-bond donors (Lipinski definition) is 0. The third kappa shape index (κ3) is 3.05. The Kier molecular flexibility index (Phi) is 4.35. The number of hydrogen-bond acceptors (Lipinski definition) is 4. The van der Waals surface area contributed by atoms with Crippen molar-refractivity contribution in [2.45, 2.75) is 25.4 Å². The van der Waals surface area contributed by atoms with Crippen LogP contribution in [0.25, 0.3) is 0 Å². The Labute approximate surface area is 156 Å². The van der Waals surface area contributed by atoms with Gasteiger partial charge in [-0.15, -0.1) is 0 Å². The van der Waals surface area contributed by atoms with Crippen LogP contribution in [0.4, 0.5) is 10.3 Å². The molecule has 0 saturated heterocycles. The molecule has 0 spiro atoms. The van der Waals surface area contributed by atoms with Crippen molar-refractivity contribution < 1.29 is 13.9 Å². The number of carbonyl (C=O) groups excluding carboxylic acids is 1. The van der Waals surface area contributed by atoms with Crippen LogP contribution in [0.3, 0.4) is 0 Å². The van der Waals surface area contributed by atoms with Gasteiger partial charge in [-0.25, -0.2) is 9.07 Å². The second-order valence-electron chi connectivity index (χ2n) is 6.49. The zero-order chi connectivity index (χ0) is 19.0. The lowest BCUT2D eigenvalue weighted by atomic mass is 9.92. The molecule has 138 valence electrons. The molecular formula is C20H19FN4O2. The summed E-state index contributed by atoms with van der Waals surface area (Å²) in [6.45, 7) is 1.52. The van der Waals surface area contributed by atoms with Gasteiger partial charge in [0.25, 0.3) is 0 Å². The first kappa shape index (κ1) is 17.2.